The van der Waals surface area contributed by atoms with Crippen molar-refractivity contribution in [3.05, 3.63) is 46.5 Å². The van der Waals surface area contributed by atoms with Crippen LogP contribution in [-0.2, 0) is 17.6 Å². The number of carboxylic acids is 1. The minimum Gasteiger partial charge on any atom is -0.507 e. The van der Waals surface area contributed by atoms with Crippen molar-refractivity contribution >= 4 is 17.5 Å². The second-order valence-electron chi connectivity index (χ2n) is 8.43. The van der Waals surface area contributed by atoms with Crippen LogP contribution in [0, 0.1) is 0 Å². The van der Waals surface area contributed by atoms with E-state index in [2.05, 4.69) is 0 Å². The van der Waals surface area contributed by atoms with Crippen molar-refractivity contribution in [3.63, 3.8) is 0 Å². The Hall–Kier alpha value is -3.59. The summed E-state index contributed by atoms with van der Waals surface area (Å²) in [5.74, 6) is -0.865. The molecule has 2 rings (SSSR count). The van der Waals surface area contributed by atoms with E-state index in [1.54, 1.807) is 12.1 Å². The third-order valence-corrected chi connectivity index (χ3v) is 5.42. The topological polar surface area (TPSA) is 140 Å². The largest absolute Gasteiger partial charge is 0.507 e. The molecule has 0 fully saturated rings. The van der Waals surface area contributed by atoms with Crippen LogP contribution >= 0.6 is 0 Å². The van der Waals surface area contributed by atoms with Gasteiger partial charge in [0.2, 0.25) is 0 Å². The van der Waals surface area contributed by atoms with Crippen LogP contribution in [0.2, 0.25) is 0 Å². The molecule has 2 aromatic rings. The van der Waals surface area contributed by atoms with E-state index in [-0.39, 0.29) is 41.8 Å². The second-order valence-corrected chi connectivity index (χ2v) is 8.43. The lowest BCUT2D eigenvalue weighted by Gasteiger charge is -2.20. The number of benzene rings is 2. The van der Waals surface area contributed by atoms with Gasteiger partial charge in [0, 0.05) is 11.1 Å². The van der Waals surface area contributed by atoms with Crippen molar-refractivity contribution in [2.75, 3.05) is 19.8 Å². The maximum Gasteiger partial charge on any atom is 0.341 e. The van der Waals surface area contributed by atoms with E-state index in [0.717, 1.165) is 0 Å². The molecule has 9 nitrogen and oxygen atoms in total. The maximum absolute atomic E-state index is 12.2. The van der Waals surface area contributed by atoms with Crippen LogP contribution in [0.3, 0.4) is 0 Å². The van der Waals surface area contributed by atoms with Gasteiger partial charge in [-0.15, -0.1) is 0 Å². The minimum atomic E-state index is -1.13. The Bertz CT molecular complexity index is 1090. The number of rotatable bonds is 15. The van der Waals surface area contributed by atoms with Gasteiger partial charge in [0.1, 0.15) is 42.3 Å². The van der Waals surface area contributed by atoms with Gasteiger partial charge >= 0.3 is 5.97 Å². The molecule has 1 atom stereocenters. The molecular weight excluding hydrogens is 468 g/mol. The van der Waals surface area contributed by atoms with Gasteiger partial charge in [-0.05, 0) is 51.0 Å². The average Bonchev–Trinajstić information content (AvgIpc) is 2.82. The van der Waals surface area contributed by atoms with E-state index in [9.17, 15) is 24.6 Å². The summed E-state index contributed by atoms with van der Waals surface area (Å²) in [7, 11) is 0. The first-order chi connectivity index (χ1) is 17.1. The van der Waals surface area contributed by atoms with Crippen LogP contribution in [0.5, 0.6) is 23.0 Å². The lowest BCUT2D eigenvalue weighted by atomic mass is 10.0. The Morgan fingerprint density at radius 3 is 1.89 bits per heavy atom. The van der Waals surface area contributed by atoms with Crippen molar-refractivity contribution < 1.29 is 43.9 Å². The van der Waals surface area contributed by atoms with Gasteiger partial charge < -0.3 is 29.5 Å². The van der Waals surface area contributed by atoms with Crippen LogP contribution < -0.4 is 14.2 Å². The number of ether oxygens (including phenoxy) is 3. The van der Waals surface area contributed by atoms with Gasteiger partial charge in [-0.25, -0.2) is 4.79 Å². The standard InChI is InChI=1S/C27H34O9/c1-5-7-21-23(11-9-19(16(3)28)26(21)33)34-13-18(30)14-36-27-20(17(4)29)10-12-24(22(27)8-6-2)35-15-25(31)32/h9-12,18,30,33H,5-8,13-15H2,1-4H3,(H,31,32). The van der Waals surface area contributed by atoms with Crippen molar-refractivity contribution in [2.45, 2.75) is 59.5 Å². The number of aliphatic hydroxyl groups excluding tert-OH is 1. The lowest BCUT2D eigenvalue weighted by molar-refractivity contribution is -0.139. The number of phenols is 1. The molecule has 0 aliphatic rings. The average molecular weight is 503 g/mol. The molecule has 0 radical (unpaired) electrons. The Morgan fingerprint density at radius 2 is 1.33 bits per heavy atom. The van der Waals surface area contributed by atoms with E-state index in [0.29, 0.717) is 53.9 Å². The first kappa shape index (κ1) is 28.6. The summed E-state index contributed by atoms with van der Waals surface area (Å²) < 4.78 is 17.0. The molecule has 0 bridgehead atoms. The molecule has 0 spiro atoms. The van der Waals surface area contributed by atoms with Crippen LogP contribution in [0.4, 0.5) is 0 Å². The van der Waals surface area contributed by atoms with E-state index >= 15 is 0 Å². The highest BCUT2D eigenvalue weighted by Crippen LogP contribution is 2.35. The fraction of sp³-hybridized carbons (Fsp3) is 0.444. The number of hydrogen-bond donors (Lipinski definition) is 3. The number of Topliss-reactive ketones (excluding diaryl/α,β-unsaturated/α-hetero) is 2. The van der Waals surface area contributed by atoms with Gasteiger partial charge in [0.05, 0.1) is 11.1 Å². The zero-order valence-electron chi connectivity index (χ0n) is 21.1. The van der Waals surface area contributed by atoms with E-state index < -0.39 is 18.7 Å². The monoisotopic (exact) mass is 502 g/mol. The molecule has 1 unspecified atom stereocenters. The molecule has 36 heavy (non-hydrogen) atoms. The Morgan fingerprint density at radius 1 is 0.806 bits per heavy atom. The summed E-state index contributed by atoms with van der Waals surface area (Å²) in [4.78, 5) is 34.9. The molecule has 0 aliphatic heterocycles. The number of hydrogen-bond acceptors (Lipinski definition) is 8. The fourth-order valence-electron chi connectivity index (χ4n) is 3.76. The highest BCUT2D eigenvalue weighted by atomic mass is 16.5. The molecule has 0 aliphatic carbocycles. The molecule has 0 heterocycles. The van der Waals surface area contributed by atoms with Gasteiger partial charge in [-0.3, -0.25) is 9.59 Å². The Kier molecular flexibility index (Phi) is 10.7. The fourth-order valence-corrected chi connectivity index (χ4v) is 3.76. The number of aromatic hydroxyl groups is 1. The van der Waals surface area contributed by atoms with E-state index in [1.165, 1.54) is 26.0 Å². The predicted octanol–water partition coefficient (Wildman–Crippen LogP) is 3.98. The molecule has 196 valence electrons. The third-order valence-electron chi connectivity index (χ3n) is 5.42. The normalized spacial score (nSPS) is 11.6. The van der Waals surface area contributed by atoms with Crippen LogP contribution in [0.15, 0.2) is 24.3 Å². The van der Waals surface area contributed by atoms with Gasteiger partial charge in [-0.1, -0.05) is 26.7 Å². The number of phenolic OH excluding ortho intramolecular Hbond substituents is 1. The van der Waals surface area contributed by atoms with Crippen molar-refractivity contribution in [1.29, 1.82) is 0 Å². The molecular formula is C27H34O9. The van der Waals surface area contributed by atoms with Gasteiger partial charge in [0.25, 0.3) is 0 Å². The SMILES string of the molecule is CCCc1c(OCC(O)COc2c(C(C)=O)ccc(OCC(=O)O)c2CCC)ccc(C(C)=O)c1O. The molecule has 2 aromatic carbocycles. The highest BCUT2D eigenvalue weighted by Gasteiger charge is 2.21. The third kappa shape index (κ3) is 7.45. The lowest BCUT2D eigenvalue weighted by Crippen LogP contribution is -2.26. The minimum absolute atomic E-state index is 0.124. The van der Waals surface area contributed by atoms with Crippen molar-refractivity contribution in [3.8, 4) is 23.0 Å². The van der Waals surface area contributed by atoms with Crippen LogP contribution in [0.25, 0.3) is 0 Å². The highest BCUT2D eigenvalue weighted by molar-refractivity contribution is 5.98. The maximum atomic E-state index is 12.2. The summed E-state index contributed by atoms with van der Waals surface area (Å²) in [5.41, 5.74) is 1.55. The van der Waals surface area contributed by atoms with E-state index in [1.807, 2.05) is 13.8 Å². The smallest absolute Gasteiger partial charge is 0.341 e. The van der Waals surface area contributed by atoms with E-state index in [4.69, 9.17) is 19.3 Å². The number of aliphatic hydroxyl groups is 1. The summed E-state index contributed by atoms with van der Waals surface area (Å²) in [6.45, 7) is 5.71. The zero-order valence-corrected chi connectivity index (χ0v) is 21.1. The predicted molar refractivity (Wildman–Crippen MR) is 133 cm³/mol. The number of carbonyl (C=O) groups excluding carboxylic acids is 2. The molecule has 0 amide bonds. The van der Waals surface area contributed by atoms with Crippen molar-refractivity contribution in [1.82, 2.24) is 0 Å². The summed E-state index contributed by atoms with van der Waals surface area (Å²) in [6, 6.07) is 6.12. The Labute approximate surface area is 210 Å². The quantitative estimate of drug-likeness (QED) is 0.308. The van der Waals surface area contributed by atoms with Crippen molar-refractivity contribution in [2.24, 2.45) is 0 Å². The van der Waals surface area contributed by atoms with Crippen LogP contribution in [-0.4, -0.2) is 58.8 Å². The first-order valence-corrected chi connectivity index (χ1v) is 11.9. The Balaban J connectivity index is 2.21. The summed E-state index contributed by atoms with van der Waals surface area (Å²) >= 11 is 0. The summed E-state index contributed by atoms with van der Waals surface area (Å²) in [6.07, 6.45) is 1.27. The second kappa shape index (κ2) is 13.5. The summed E-state index contributed by atoms with van der Waals surface area (Å²) in [5, 5.41) is 30.0. The molecule has 9 heteroatoms. The molecule has 0 aromatic heterocycles. The molecule has 0 saturated carbocycles. The first-order valence-electron chi connectivity index (χ1n) is 11.9. The number of carboxylic acid groups (broad SMARTS) is 1. The van der Waals surface area contributed by atoms with Gasteiger partial charge in [0.15, 0.2) is 18.2 Å². The number of ketones is 2. The molecule has 0 saturated heterocycles. The van der Waals surface area contributed by atoms with Crippen LogP contribution in [0.1, 0.15) is 72.4 Å². The number of carbonyl (C=O) groups is 3. The zero-order chi connectivity index (χ0) is 26.8. The van der Waals surface area contributed by atoms with Gasteiger partial charge in [-0.2, -0.15) is 0 Å². The molecule has 3 N–H and O–H groups in total. The number of aliphatic carboxylic acids is 1.